The van der Waals surface area contributed by atoms with Crippen LogP contribution in [0.15, 0.2) is 30.3 Å². The molecule has 112 valence electrons. The lowest BCUT2D eigenvalue weighted by atomic mass is 9.75. The summed E-state index contributed by atoms with van der Waals surface area (Å²) in [7, 11) is 0. The third kappa shape index (κ3) is 3.07. The van der Waals surface area contributed by atoms with E-state index in [1.807, 2.05) is 18.2 Å². The SMILES string of the molecule is CCC(c1ccccc1)C(O)C1CC(C)(C)OC1(C)C. The van der Waals surface area contributed by atoms with Gasteiger partial charge in [0.1, 0.15) is 0 Å². The van der Waals surface area contributed by atoms with E-state index in [9.17, 15) is 5.11 Å². The van der Waals surface area contributed by atoms with Gasteiger partial charge in [0, 0.05) is 11.8 Å². The van der Waals surface area contributed by atoms with E-state index < -0.39 is 0 Å². The molecule has 1 saturated heterocycles. The van der Waals surface area contributed by atoms with Crippen molar-refractivity contribution in [1.29, 1.82) is 0 Å². The van der Waals surface area contributed by atoms with Gasteiger partial charge >= 0.3 is 0 Å². The summed E-state index contributed by atoms with van der Waals surface area (Å²) in [4.78, 5) is 0. The number of hydrogen-bond donors (Lipinski definition) is 1. The van der Waals surface area contributed by atoms with Gasteiger partial charge in [0.25, 0.3) is 0 Å². The van der Waals surface area contributed by atoms with E-state index >= 15 is 0 Å². The second-order valence-corrected chi connectivity index (χ2v) is 7.19. The molecule has 0 amide bonds. The highest BCUT2D eigenvalue weighted by Gasteiger charge is 2.50. The monoisotopic (exact) mass is 276 g/mol. The summed E-state index contributed by atoms with van der Waals surface area (Å²) in [6.45, 7) is 10.6. The molecule has 1 fully saturated rings. The molecule has 2 nitrogen and oxygen atoms in total. The molecule has 2 heteroatoms. The van der Waals surface area contributed by atoms with Crippen LogP contribution in [0, 0.1) is 5.92 Å². The van der Waals surface area contributed by atoms with Gasteiger partial charge in [0.2, 0.25) is 0 Å². The summed E-state index contributed by atoms with van der Waals surface area (Å²) >= 11 is 0. The number of aliphatic hydroxyl groups is 1. The van der Waals surface area contributed by atoms with Gasteiger partial charge in [0.15, 0.2) is 0 Å². The molecule has 1 aliphatic heterocycles. The number of benzene rings is 1. The van der Waals surface area contributed by atoms with Gasteiger partial charge in [-0.25, -0.2) is 0 Å². The predicted octanol–water partition coefficient (Wildman–Crippen LogP) is 4.13. The van der Waals surface area contributed by atoms with Crippen LogP contribution in [0.1, 0.15) is 58.9 Å². The van der Waals surface area contributed by atoms with Crippen molar-refractivity contribution in [2.75, 3.05) is 0 Å². The average Bonchev–Trinajstić information content (AvgIpc) is 2.59. The van der Waals surface area contributed by atoms with Crippen molar-refractivity contribution in [3.8, 4) is 0 Å². The molecule has 0 radical (unpaired) electrons. The zero-order valence-electron chi connectivity index (χ0n) is 13.4. The van der Waals surface area contributed by atoms with Crippen LogP contribution in [0.3, 0.4) is 0 Å². The fourth-order valence-corrected chi connectivity index (χ4v) is 3.79. The summed E-state index contributed by atoms with van der Waals surface area (Å²) in [5.41, 5.74) is 0.804. The molecule has 1 aliphatic rings. The Bertz CT molecular complexity index is 436. The molecule has 0 saturated carbocycles. The molecule has 3 unspecified atom stereocenters. The van der Waals surface area contributed by atoms with Crippen molar-refractivity contribution in [2.45, 2.75) is 70.7 Å². The van der Waals surface area contributed by atoms with Crippen LogP contribution in [0.2, 0.25) is 0 Å². The fourth-order valence-electron chi connectivity index (χ4n) is 3.79. The maximum Gasteiger partial charge on any atom is 0.0687 e. The van der Waals surface area contributed by atoms with Gasteiger partial charge in [-0.1, -0.05) is 37.3 Å². The minimum Gasteiger partial charge on any atom is -0.392 e. The first-order chi connectivity index (χ1) is 9.27. The number of aliphatic hydroxyl groups excluding tert-OH is 1. The largest absolute Gasteiger partial charge is 0.392 e. The summed E-state index contributed by atoms with van der Waals surface area (Å²) < 4.78 is 6.14. The smallest absolute Gasteiger partial charge is 0.0687 e. The Kier molecular flexibility index (Phi) is 4.27. The first-order valence-corrected chi connectivity index (χ1v) is 7.70. The summed E-state index contributed by atoms with van der Waals surface area (Å²) in [5.74, 6) is 0.348. The van der Waals surface area contributed by atoms with Crippen LogP contribution in [-0.4, -0.2) is 22.4 Å². The van der Waals surface area contributed by atoms with Crippen LogP contribution < -0.4 is 0 Å². The van der Waals surface area contributed by atoms with Crippen molar-refractivity contribution < 1.29 is 9.84 Å². The summed E-state index contributed by atoms with van der Waals surface area (Å²) in [5, 5.41) is 10.9. The lowest BCUT2D eigenvalue weighted by molar-refractivity contribution is -0.0901. The second-order valence-electron chi connectivity index (χ2n) is 7.19. The van der Waals surface area contributed by atoms with Crippen LogP contribution in [0.4, 0.5) is 0 Å². The lowest BCUT2D eigenvalue weighted by Gasteiger charge is -2.34. The lowest BCUT2D eigenvalue weighted by Crippen LogP contribution is -2.39. The Balaban J connectivity index is 2.23. The second kappa shape index (κ2) is 5.50. The third-order valence-electron chi connectivity index (χ3n) is 4.64. The minimum atomic E-state index is -0.362. The van der Waals surface area contributed by atoms with E-state index in [0.717, 1.165) is 12.8 Å². The fraction of sp³-hybridized carbons (Fsp3) is 0.667. The Morgan fingerprint density at radius 2 is 1.80 bits per heavy atom. The van der Waals surface area contributed by atoms with Crippen molar-refractivity contribution in [2.24, 2.45) is 5.92 Å². The van der Waals surface area contributed by atoms with E-state index in [-0.39, 0.29) is 29.1 Å². The molecule has 1 aromatic carbocycles. The molecule has 0 spiro atoms. The molecule has 0 aromatic heterocycles. The maximum absolute atomic E-state index is 10.9. The molecular formula is C18H28O2. The van der Waals surface area contributed by atoms with Crippen LogP contribution in [0.25, 0.3) is 0 Å². The summed E-state index contributed by atoms with van der Waals surface area (Å²) in [6.07, 6.45) is 1.49. The molecule has 20 heavy (non-hydrogen) atoms. The highest BCUT2D eigenvalue weighted by molar-refractivity contribution is 5.21. The highest BCUT2D eigenvalue weighted by atomic mass is 16.5. The van der Waals surface area contributed by atoms with Gasteiger partial charge < -0.3 is 9.84 Å². The van der Waals surface area contributed by atoms with Crippen molar-refractivity contribution >= 4 is 0 Å². The van der Waals surface area contributed by atoms with Gasteiger partial charge in [-0.15, -0.1) is 0 Å². The molecule has 3 atom stereocenters. The van der Waals surface area contributed by atoms with Crippen LogP contribution in [0.5, 0.6) is 0 Å². The normalized spacial score (nSPS) is 27.2. The Morgan fingerprint density at radius 1 is 1.20 bits per heavy atom. The molecule has 1 aromatic rings. The Morgan fingerprint density at radius 3 is 2.25 bits per heavy atom. The third-order valence-corrected chi connectivity index (χ3v) is 4.64. The Labute approximate surface area is 123 Å². The van der Waals surface area contributed by atoms with Gasteiger partial charge in [-0.3, -0.25) is 0 Å². The first kappa shape index (κ1) is 15.5. The number of hydrogen-bond acceptors (Lipinski definition) is 2. The predicted molar refractivity (Wildman–Crippen MR) is 82.8 cm³/mol. The van der Waals surface area contributed by atoms with Gasteiger partial charge in [0.05, 0.1) is 17.3 Å². The van der Waals surface area contributed by atoms with E-state index in [1.54, 1.807) is 0 Å². The molecule has 0 aliphatic carbocycles. The molecular weight excluding hydrogens is 248 g/mol. The van der Waals surface area contributed by atoms with Crippen molar-refractivity contribution in [3.05, 3.63) is 35.9 Å². The van der Waals surface area contributed by atoms with Crippen molar-refractivity contribution in [3.63, 3.8) is 0 Å². The summed E-state index contributed by atoms with van der Waals surface area (Å²) in [6, 6.07) is 10.3. The molecule has 1 heterocycles. The topological polar surface area (TPSA) is 29.5 Å². The van der Waals surface area contributed by atoms with E-state index in [0.29, 0.717) is 0 Å². The number of rotatable bonds is 4. The maximum atomic E-state index is 10.9. The minimum absolute atomic E-state index is 0.149. The molecule has 2 rings (SSSR count). The van der Waals surface area contributed by atoms with Gasteiger partial charge in [-0.05, 0) is 46.1 Å². The van der Waals surface area contributed by atoms with E-state index in [2.05, 4.69) is 46.8 Å². The van der Waals surface area contributed by atoms with Gasteiger partial charge in [-0.2, -0.15) is 0 Å². The van der Waals surface area contributed by atoms with Crippen LogP contribution >= 0.6 is 0 Å². The first-order valence-electron chi connectivity index (χ1n) is 7.70. The molecule has 1 N–H and O–H groups in total. The average molecular weight is 276 g/mol. The zero-order valence-corrected chi connectivity index (χ0v) is 13.4. The van der Waals surface area contributed by atoms with Crippen molar-refractivity contribution in [1.82, 2.24) is 0 Å². The quantitative estimate of drug-likeness (QED) is 0.895. The number of ether oxygens (including phenoxy) is 1. The Hall–Kier alpha value is -0.860. The standard InChI is InChI=1S/C18H28O2/c1-6-14(13-10-8-7-9-11-13)16(19)15-12-17(2,3)20-18(15,4)5/h7-11,14-16,19H,6,12H2,1-5H3. The zero-order chi connectivity index (χ0) is 15.0. The van der Waals surface area contributed by atoms with Crippen LogP contribution in [-0.2, 0) is 4.74 Å². The highest BCUT2D eigenvalue weighted by Crippen LogP contribution is 2.46. The molecule has 0 bridgehead atoms. The van der Waals surface area contributed by atoms with E-state index in [4.69, 9.17) is 4.74 Å². The van der Waals surface area contributed by atoms with E-state index in [1.165, 1.54) is 5.56 Å².